The van der Waals surface area contributed by atoms with Gasteiger partial charge in [-0.05, 0) is 42.7 Å². The molecule has 2 saturated heterocycles. The van der Waals surface area contributed by atoms with Crippen LogP contribution in [0.25, 0.3) is 0 Å². The first-order valence-corrected chi connectivity index (χ1v) is 10.4. The Morgan fingerprint density at radius 1 is 1.03 bits per heavy atom. The molecule has 0 spiro atoms. The first-order valence-electron chi connectivity index (χ1n) is 10.4. The number of aromatic nitrogens is 1. The fourth-order valence-corrected chi connectivity index (χ4v) is 5.13. The molecular weight excluding hydrogens is 369 g/mol. The molecule has 0 bridgehead atoms. The number of halogens is 1. The minimum Gasteiger partial charge on any atom is -0.342 e. The van der Waals surface area contributed by atoms with E-state index in [9.17, 15) is 14.0 Å². The first kappa shape index (κ1) is 18.3. The molecule has 6 heteroatoms. The highest BCUT2D eigenvalue weighted by atomic mass is 19.1. The summed E-state index contributed by atoms with van der Waals surface area (Å²) in [6, 6.07) is 9.73. The van der Waals surface area contributed by atoms with Gasteiger partial charge in [-0.1, -0.05) is 18.6 Å². The molecule has 3 atom stereocenters. The van der Waals surface area contributed by atoms with Crippen molar-refractivity contribution in [1.82, 2.24) is 14.8 Å². The van der Waals surface area contributed by atoms with Crippen molar-refractivity contribution in [2.45, 2.75) is 25.3 Å². The molecular formula is C23H24FN3O2. The monoisotopic (exact) mass is 393 g/mol. The van der Waals surface area contributed by atoms with E-state index in [2.05, 4.69) is 4.98 Å². The maximum absolute atomic E-state index is 14.0. The standard InChI is InChI=1S/C23H24FN3O2/c24-19-6-2-5-17(11-19)21-20-14-26(22(28)15-3-1-4-15)12-18(20)13-27(21)23(29)16-7-9-25-10-8-16/h2,5-11,15,18,20-21H,1,3-4,12-14H2/t18-,20-,21+/m0/s1. The van der Waals surface area contributed by atoms with Gasteiger partial charge in [-0.2, -0.15) is 0 Å². The van der Waals surface area contributed by atoms with Crippen molar-refractivity contribution in [2.75, 3.05) is 19.6 Å². The zero-order valence-corrected chi connectivity index (χ0v) is 16.2. The topological polar surface area (TPSA) is 53.5 Å². The lowest BCUT2D eigenvalue weighted by Crippen LogP contribution is -2.41. The molecule has 1 aliphatic carbocycles. The number of hydrogen-bond acceptors (Lipinski definition) is 3. The molecule has 0 radical (unpaired) electrons. The summed E-state index contributed by atoms with van der Waals surface area (Å²) in [6.45, 7) is 1.91. The zero-order chi connectivity index (χ0) is 20.0. The molecule has 0 unspecified atom stereocenters. The lowest BCUT2D eigenvalue weighted by molar-refractivity contribution is -0.137. The zero-order valence-electron chi connectivity index (χ0n) is 16.2. The lowest BCUT2D eigenvalue weighted by atomic mass is 9.84. The van der Waals surface area contributed by atoms with Crippen LogP contribution in [0.15, 0.2) is 48.8 Å². The van der Waals surface area contributed by atoms with Gasteiger partial charge in [-0.15, -0.1) is 0 Å². The summed E-state index contributed by atoms with van der Waals surface area (Å²) < 4.78 is 14.0. The van der Waals surface area contributed by atoms with Crippen molar-refractivity contribution in [3.8, 4) is 0 Å². The third-order valence-electron chi connectivity index (χ3n) is 6.81. The molecule has 3 aliphatic rings. The van der Waals surface area contributed by atoms with Gasteiger partial charge in [0.15, 0.2) is 0 Å². The van der Waals surface area contributed by atoms with Crippen molar-refractivity contribution in [1.29, 1.82) is 0 Å². The molecule has 29 heavy (non-hydrogen) atoms. The molecule has 1 saturated carbocycles. The summed E-state index contributed by atoms with van der Waals surface area (Å²) in [6.07, 6.45) is 6.34. The average Bonchev–Trinajstić information content (AvgIpc) is 3.24. The Hall–Kier alpha value is -2.76. The van der Waals surface area contributed by atoms with Crippen LogP contribution in [-0.2, 0) is 4.79 Å². The Bertz CT molecular complexity index is 931. The van der Waals surface area contributed by atoms with Crippen LogP contribution in [0.1, 0.15) is 41.2 Å². The number of pyridine rings is 1. The van der Waals surface area contributed by atoms with Crippen molar-refractivity contribution < 1.29 is 14.0 Å². The SMILES string of the molecule is O=C(C1CCC1)N1C[C@H]2CN(C(=O)c3ccncc3)[C@H](c3cccc(F)c3)[C@H]2C1. The second-order valence-corrected chi connectivity index (χ2v) is 8.49. The number of likely N-dealkylation sites (tertiary alicyclic amines) is 2. The fraction of sp³-hybridized carbons (Fsp3) is 0.435. The first-order chi connectivity index (χ1) is 14.1. The molecule has 1 aromatic heterocycles. The normalized spacial score (nSPS) is 26.3. The van der Waals surface area contributed by atoms with Gasteiger partial charge in [0.2, 0.25) is 5.91 Å². The van der Waals surface area contributed by atoms with Gasteiger partial charge in [0.1, 0.15) is 5.82 Å². The molecule has 2 amide bonds. The Labute approximate surface area is 169 Å². The minimum absolute atomic E-state index is 0.0621. The van der Waals surface area contributed by atoms with E-state index in [1.807, 2.05) is 15.9 Å². The predicted octanol–water partition coefficient (Wildman–Crippen LogP) is 3.29. The van der Waals surface area contributed by atoms with Gasteiger partial charge in [0.05, 0.1) is 6.04 Å². The van der Waals surface area contributed by atoms with Gasteiger partial charge in [0, 0.05) is 55.3 Å². The van der Waals surface area contributed by atoms with E-state index in [1.54, 1.807) is 30.6 Å². The molecule has 5 nitrogen and oxygen atoms in total. The van der Waals surface area contributed by atoms with Crippen LogP contribution in [0.2, 0.25) is 0 Å². The molecule has 3 heterocycles. The van der Waals surface area contributed by atoms with Crippen LogP contribution in [0.4, 0.5) is 4.39 Å². The molecule has 3 fully saturated rings. The van der Waals surface area contributed by atoms with E-state index >= 15 is 0 Å². The van der Waals surface area contributed by atoms with Crippen LogP contribution < -0.4 is 0 Å². The molecule has 1 aromatic carbocycles. The Morgan fingerprint density at radius 2 is 1.83 bits per heavy atom. The molecule has 0 N–H and O–H groups in total. The van der Waals surface area contributed by atoms with Gasteiger partial charge in [-0.25, -0.2) is 4.39 Å². The third kappa shape index (κ3) is 3.20. The van der Waals surface area contributed by atoms with E-state index in [0.717, 1.165) is 24.8 Å². The second-order valence-electron chi connectivity index (χ2n) is 8.49. The summed E-state index contributed by atoms with van der Waals surface area (Å²) in [5.74, 6) is 0.423. The number of hydrogen-bond donors (Lipinski definition) is 0. The predicted molar refractivity (Wildman–Crippen MR) is 105 cm³/mol. The van der Waals surface area contributed by atoms with E-state index in [0.29, 0.717) is 25.2 Å². The number of amides is 2. The second kappa shape index (κ2) is 7.25. The summed E-state index contributed by atoms with van der Waals surface area (Å²) >= 11 is 0. The van der Waals surface area contributed by atoms with Gasteiger partial charge in [-0.3, -0.25) is 14.6 Å². The molecule has 5 rings (SSSR count). The van der Waals surface area contributed by atoms with E-state index in [1.165, 1.54) is 12.1 Å². The maximum atomic E-state index is 14.0. The minimum atomic E-state index is -0.303. The molecule has 150 valence electrons. The summed E-state index contributed by atoms with van der Waals surface area (Å²) in [4.78, 5) is 33.9. The Balaban J connectivity index is 1.44. The average molecular weight is 393 g/mol. The van der Waals surface area contributed by atoms with Crippen molar-refractivity contribution in [2.24, 2.45) is 17.8 Å². The molecule has 2 aromatic rings. The number of nitrogens with zero attached hydrogens (tertiary/aromatic N) is 3. The van der Waals surface area contributed by atoms with Gasteiger partial charge < -0.3 is 9.80 Å². The highest BCUT2D eigenvalue weighted by molar-refractivity contribution is 5.94. The number of fused-ring (bicyclic) bond motifs is 1. The van der Waals surface area contributed by atoms with Crippen LogP contribution in [0.3, 0.4) is 0 Å². The van der Waals surface area contributed by atoms with E-state index in [-0.39, 0.29) is 41.4 Å². The summed E-state index contributed by atoms with van der Waals surface area (Å²) in [7, 11) is 0. The van der Waals surface area contributed by atoms with Crippen molar-refractivity contribution in [3.63, 3.8) is 0 Å². The number of benzene rings is 1. The lowest BCUT2D eigenvalue weighted by Gasteiger charge is -2.32. The summed E-state index contributed by atoms with van der Waals surface area (Å²) in [5, 5.41) is 0. The third-order valence-corrected chi connectivity index (χ3v) is 6.81. The van der Waals surface area contributed by atoms with Gasteiger partial charge >= 0.3 is 0 Å². The largest absolute Gasteiger partial charge is 0.342 e. The van der Waals surface area contributed by atoms with Crippen molar-refractivity contribution in [3.05, 3.63) is 65.7 Å². The Morgan fingerprint density at radius 3 is 2.52 bits per heavy atom. The fourth-order valence-electron chi connectivity index (χ4n) is 5.13. The number of carbonyl (C=O) groups is 2. The van der Waals surface area contributed by atoms with E-state index < -0.39 is 0 Å². The van der Waals surface area contributed by atoms with Crippen LogP contribution in [0.5, 0.6) is 0 Å². The van der Waals surface area contributed by atoms with Crippen LogP contribution in [-0.4, -0.2) is 46.2 Å². The van der Waals surface area contributed by atoms with Gasteiger partial charge in [0.25, 0.3) is 5.91 Å². The number of rotatable bonds is 3. The van der Waals surface area contributed by atoms with Crippen LogP contribution >= 0.6 is 0 Å². The number of carbonyl (C=O) groups excluding carboxylic acids is 2. The highest BCUT2D eigenvalue weighted by Crippen LogP contribution is 2.46. The van der Waals surface area contributed by atoms with Crippen molar-refractivity contribution >= 4 is 11.8 Å². The quantitative estimate of drug-likeness (QED) is 0.804. The van der Waals surface area contributed by atoms with Crippen LogP contribution in [0, 0.1) is 23.6 Å². The maximum Gasteiger partial charge on any atom is 0.254 e. The van der Waals surface area contributed by atoms with E-state index in [4.69, 9.17) is 0 Å². The smallest absolute Gasteiger partial charge is 0.254 e. The molecule has 2 aliphatic heterocycles. The summed E-state index contributed by atoms with van der Waals surface area (Å²) in [5.41, 5.74) is 1.39. The highest BCUT2D eigenvalue weighted by Gasteiger charge is 2.51. The Kier molecular flexibility index (Phi) is 4.57.